The van der Waals surface area contributed by atoms with E-state index in [1.807, 2.05) is 0 Å². The minimum absolute atomic E-state index is 0.0232. The Morgan fingerprint density at radius 1 is 1.33 bits per heavy atom. The second-order valence-electron chi connectivity index (χ2n) is 5.15. The molecule has 112 valence electrons. The molecule has 21 heavy (non-hydrogen) atoms. The first-order valence-corrected chi connectivity index (χ1v) is 6.98. The molecule has 1 aromatic carbocycles. The molecule has 1 saturated carbocycles. The second-order valence-corrected chi connectivity index (χ2v) is 5.15. The third-order valence-electron chi connectivity index (χ3n) is 3.27. The van der Waals surface area contributed by atoms with Gasteiger partial charge in [0.25, 0.3) is 0 Å². The first-order chi connectivity index (χ1) is 10.1. The lowest BCUT2D eigenvalue weighted by molar-refractivity contribution is -0.121. The summed E-state index contributed by atoms with van der Waals surface area (Å²) in [6, 6.07) is 4.09. The zero-order chi connectivity index (χ0) is 15.2. The molecule has 0 radical (unpaired) electrons. The van der Waals surface area contributed by atoms with Gasteiger partial charge < -0.3 is 10.6 Å². The summed E-state index contributed by atoms with van der Waals surface area (Å²) in [6.45, 7) is 0.532. The number of hydrogen-bond acceptors (Lipinski definition) is 3. The van der Waals surface area contributed by atoms with E-state index in [0.29, 0.717) is 25.4 Å². The number of nitriles is 1. The van der Waals surface area contributed by atoms with E-state index in [1.165, 1.54) is 0 Å². The first kappa shape index (κ1) is 15.4. The summed E-state index contributed by atoms with van der Waals surface area (Å²) < 4.78 is 27.2. The van der Waals surface area contributed by atoms with Gasteiger partial charge in [-0.1, -0.05) is 0 Å². The summed E-state index contributed by atoms with van der Waals surface area (Å²) in [6.07, 6.45) is 3.13. The minimum Gasteiger partial charge on any atom is -0.353 e. The Morgan fingerprint density at radius 3 is 2.57 bits per heavy atom. The smallest absolute Gasteiger partial charge is 0.220 e. The molecule has 0 aromatic heterocycles. The van der Waals surface area contributed by atoms with Gasteiger partial charge in [0, 0.05) is 24.6 Å². The fraction of sp³-hybridized carbons (Fsp3) is 0.467. The number of hydrogen-bond donors (Lipinski definition) is 2. The largest absolute Gasteiger partial charge is 0.353 e. The maximum atomic E-state index is 13.6. The molecule has 1 fully saturated rings. The van der Waals surface area contributed by atoms with Crippen LogP contribution in [0.2, 0.25) is 0 Å². The molecule has 1 aromatic rings. The first-order valence-electron chi connectivity index (χ1n) is 6.98. The number of rotatable bonds is 7. The van der Waals surface area contributed by atoms with Crippen LogP contribution in [0.4, 0.5) is 8.78 Å². The predicted molar refractivity (Wildman–Crippen MR) is 73.2 cm³/mol. The van der Waals surface area contributed by atoms with Crippen LogP contribution in [-0.4, -0.2) is 18.5 Å². The molecule has 1 amide bonds. The molecule has 4 nitrogen and oxygen atoms in total. The highest BCUT2D eigenvalue weighted by atomic mass is 19.1. The van der Waals surface area contributed by atoms with E-state index < -0.39 is 11.6 Å². The van der Waals surface area contributed by atoms with Crippen LogP contribution in [0.5, 0.6) is 0 Å². The van der Waals surface area contributed by atoms with Crippen molar-refractivity contribution >= 4 is 5.91 Å². The van der Waals surface area contributed by atoms with E-state index in [-0.39, 0.29) is 23.6 Å². The number of halogens is 2. The van der Waals surface area contributed by atoms with Gasteiger partial charge in [-0.25, -0.2) is 8.78 Å². The molecular formula is C15H17F2N3O. The Balaban J connectivity index is 1.71. The molecule has 0 saturated heterocycles. The molecule has 6 heteroatoms. The van der Waals surface area contributed by atoms with Crippen molar-refractivity contribution in [2.45, 2.75) is 38.3 Å². The number of benzene rings is 1. The normalized spacial score (nSPS) is 13.8. The summed E-state index contributed by atoms with van der Waals surface area (Å²) in [5, 5.41) is 14.4. The van der Waals surface area contributed by atoms with Crippen LogP contribution in [0.3, 0.4) is 0 Å². The van der Waals surface area contributed by atoms with Gasteiger partial charge in [-0.3, -0.25) is 4.79 Å². The van der Waals surface area contributed by atoms with E-state index >= 15 is 0 Å². The molecule has 1 aliphatic rings. The van der Waals surface area contributed by atoms with Crippen molar-refractivity contribution in [2.24, 2.45) is 0 Å². The van der Waals surface area contributed by atoms with Crippen molar-refractivity contribution in [3.05, 3.63) is 34.9 Å². The minimum atomic E-state index is -0.731. The number of nitrogens with zero attached hydrogens (tertiary/aromatic N) is 1. The summed E-state index contributed by atoms with van der Waals surface area (Å²) in [5.41, 5.74) is -0.123. The van der Waals surface area contributed by atoms with E-state index in [2.05, 4.69) is 10.6 Å². The van der Waals surface area contributed by atoms with E-state index in [9.17, 15) is 13.6 Å². The molecular weight excluding hydrogens is 276 g/mol. The Bertz CT molecular complexity index is 542. The molecule has 0 heterocycles. The van der Waals surface area contributed by atoms with Gasteiger partial charge >= 0.3 is 0 Å². The Morgan fingerprint density at radius 2 is 2.00 bits per heavy atom. The molecule has 0 spiro atoms. The van der Waals surface area contributed by atoms with Crippen molar-refractivity contribution in [2.75, 3.05) is 6.54 Å². The zero-order valence-corrected chi connectivity index (χ0v) is 11.6. The second kappa shape index (κ2) is 7.14. The van der Waals surface area contributed by atoms with Crippen LogP contribution < -0.4 is 10.6 Å². The van der Waals surface area contributed by atoms with E-state index in [0.717, 1.165) is 25.0 Å². The van der Waals surface area contributed by atoms with Crippen molar-refractivity contribution in [1.82, 2.24) is 10.6 Å². The van der Waals surface area contributed by atoms with Crippen molar-refractivity contribution in [3.63, 3.8) is 0 Å². The zero-order valence-electron chi connectivity index (χ0n) is 11.6. The van der Waals surface area contributed by atoms with Gasteiger partial charge in [-0.2, -0.15) is 5.26 Å². The Labute approximate surface area is 122 Å². The van der Waals surface area contributed by atoms with Gasteiger partial charge in [0.05, 0.1) is 11.6 Å². The number of carbonyl (C=O) groups is 1. The van der Waals surface area contributed by atoms with Crippen LogP contribution in [0.1, 0.15) is 36.8 Å². The van der Waals surface area contributed by atoms with Gasteiger partial charge in [-0.15, -0.1) is 0 Å². The average molecular weight is 293 g/mol. The summed E-state index contributed by atoms with van der Waals surface area (Å²) in [4.78, 5) is 11.4. The molecule has 2 rings (SSSR count). The lowest BCUT2D eigenvalue weighted by Crippen LogP contribution is -2.26. The third-order valence-corrected chi connectivity index (χ3v) is 3.27. The number of amides is 1. The molecule has 0 unspecified atom stereocenters. The van der Waals surface area contributed by atoms with E-state index in [4.69, 9.17) is 5.26 Å². The van der Waals surface area contributed by atoms with Crippen LogP contribution in [0, 0.1) is 23.0 Å². The quantitative estimate of drug-likeness (QED) is 0.756. The Hall–Kier alpha value is -2.00. The average Bonchev–Trinajstić information content (AvgIpc) is 3.24. The maximum Gasteiger partial charge on any atom is 0.220 e. The lowest BCUT2D eigenvalue weighted by Gasteiger charge is -2.08. The fourth-order valence-corrected chi connectivity index (χ4v) is 1.95. The number of carbonyl (C=O) groups excluding carboxylic acids is 1. The topological polar surface area (TPSA) is 64.9 Å². The summed E-state index contributed by atoms with van der Waals surface area (Å²) >= 11 is 0. The van der Waals surface area contributed by atoms with Crippen molar-refractivity contribution in [1.29, 1.82) is 5.26 Å². The molecule has 0 aliphatic heterocycles. The molecule has 2 N–H and O–H groups in total. The lowest BCUT2D eigenvalue weighted by atomic mass is 10.1. The molecule has 0 atom stereocenters. The highest BCUT2D eigenvalue weighted by molar-refractivity contribution is 5.76. The van der Waals surface area contributed by atoms with Gasteiger partial charge in [-0.05, 0) is 37.9 Å². The van der Waals surface area contributed by atoms with Crippen LogP contribution >= 0.6 is 0 Å². The summed E-state index contributed by atoms with van der Waals surface area (Å²) in [7, 11) is 0. The van der Waals surface area contributed by atoms with Crippen molar-refractivity contribution in [3.8, 4) is 6.07 Å². The third kappa shape index (κ3) is 4.80. The van der Waals surface area contributed by atoms with Gasteiger partial charge in [0.1, 0.15) is 11.6 Å². The standard InChI is InChI=1S/C15H17F2N3O/c16-13-6-10(8-18)7-14(17)12(13)9-19-5-1-2-15(21)20-11-3-4-11/h6-7,11,19H,1-5,9H2,(H,20,21). The van der Waals surface area contributed by atoms with Crippen molar-refractivity contribution < 1.29 is 13.6 Å². The highest BCUT2D eigenvalue weighted by Gasteiger charge is 2.22. The Kier molecular flexibility index (Phi) is 5.23. The van der Waals surface area contributed by atoms with Crippen LogP contribution in [0.15, 0.2) is 12.1 Å². The predicted octanol–water partition coefficient (Wildman–Crippen LogP) is 1.98. The van der Waals surface area contributed by atoms with Crippen LogP contribution in [0.25, 0.3) is 0 Å². The van der Waals surface area contributed by atoms with Gasteiger partial charge in [0.2, 0.25) is 5.91 Å². The fourth-order valence-electron chi connectivity index (χ4n) is 1.95. The van der Waals surface area contributed by atoms with E-state index in [1.54, 1.807) is 6.07 Å². The maximum absolute atomic E-state index is 13.6. The monoisotopic (exact) mass is 293 g/mol. The SMILES string of the molecule is N#Cc1cc(F)c(CNCCCC(=O)NC2CC2)c(F)c1. The van der Waals surface area contributed by atoms with Gasteiger partial charge in [0.15, 0.2) is 0 Å². The summed E-state index contributed by atoms with van der Waals surface area (Å²) in [5.74, 6) is -1.44. The van der Waals surface area contributed by atoms with Crippen LogP contribution in [-0.2, 0) is 11.3 Å². The number of nitrogens with one attached hydrogen (secondary N) is 2. The molecule has 1 aliphatic carbocycles. The molecule has 0 bridgehead atoms. The highest BCUT2D eigenvalue weighted by Crippen LogP contribution is 2.18.